The normalized spacial score (nSPS) is 12.4. The van der Waals surface area contributed by atoms with Gasteiger partial charge in [-0.2, -0.15) is 0 Å². The summed E-state index contributed by atoms with van der Waals surface area (Å²) in [5.74, 6) is 1.95. The van der Waals surface area contributed by atoms with E-state index in [2.05, 4.69) is 19.2 Å². The first kappa shape index (κ1) is 15.6. The molecule has 1 aromatic carbocycles. The average molecular weight is 267 g/mol. The number of rotatable bonds is 6. The summed E-state index contributed by atoms with van der Waals surface area (Å²) >= 11 is 0. The largest absolute Gasteiger partial charge is 0.496 e. The number of anilines is 1. The summed E-state index contributed by atoms with van der Waals surface area (Å²) < 4.78 is 10.9. The van der Waals surface area contributed by atoms with E-state index < -0.39 is 0 Å². The molecule has 1 atom stereocenters. The van der Waals surface area contributed by atoms with E-state index >= 15 is 0 Å². The van der Waals surface area contributed by atoms with Crippen molar-refractivity contribution in [3.05, 3.63) is 17.2 Å². The smallest absolute Gasteiger partial charge is 0.145 e. The van der Waals surface area contributed by atoms with Gasteiger partial charge in [-0.25, -0.2) is 0 Å². The van der Waals surface area contributed by atoms with E-state index in [0.29, 0.717) is 5.92 Å². The molecule has 0 heterocycles. The van der Waals surface area contributed by atoms with E-state index in [4.69, 9.17) is 9.47 Å². The minimum Gasteiger partial charge on any atom is -0.496 e. The fourth-order valence-electron chi connectivity index (χ4n) is 2.07. The van der Waals surface area contributed by atoms with E-state index in [0.717, 1.165) is 28.3 Å². The molecule has 0 aliphatic heterocycles. The molecule has 0 spiro atoms. The van der Waals surface area contributed by atoms with Crippen molar-refractivity contribution in [1.29, 1.82) is 0 Å². The van der Waals surface area contributed by atoms with Crippen LogP contribution in [0.2, 0.25) is 0 Å². The Morgan fingerprint density at radius 1 is 1.16 bits per heavy atom. The predicted octanol–water partition coefficient (Wildman–Crippen LogP) is 2.75. The summed E-state index contributed by atoms with van der Waals surface area (Å²) in [6, 6.07) is 1.91. The quantitative estimate of drug-likeness (QED) is 0.832. The number of methoxy groups -OCH3 is 2. The van der Waals surface area contributed by atoms with E-state index in [1.54, 1.807) is 14.2 Å². The second-order valence-corrected chi connectivity index (χ2v) is 5.09. The Kier molecular flexibility index (Phi) is 5.48. The first-order chi connectivity index (χ1) is 8.96. The number of nitrogens with one attached hydrogen (secondary N) is 1. The number of benzene rings is 1. The molecule has 0 fully saturated rings. The molecule has 0 saturated heterocycles. The standard InChI is InChI=1S/C15H25NO3/c1-9(2)13(8-17)16-12-7-14(18-5)10(3)11(4)15(12)19-6/h7,9,13,16-17H,8H2,1-6H3. The minimum absolute atomic E-state index is 0.0132. The van der Waals surface area contributed by atoms with E-state index in [9.17, 15) is 5.11 Å². The fraction of sp³-hybridized carbons (Fsp3) is 0.600. The van der Waals surface area contributed by atoms with Gasteiger partial charge in [0.2, 0.25) is 0 Å². The Balaban J connectivity index is 3.21. The highest BCUT2D eigenvalue weighted by Crippen LogP contribution is 2.37. The lowest BCUT2D eigenvalue weighted by Crippen LogP contribution is -2.29. The maximum atomic E-state index is 9.44. The summed E-state index contributed by atoms with van der Waals surface area (Å²) in [6.07, 6.45) is 0. The van der Waals surface area contributed by atoms with Crippen LogP contribution >= 0.6 is 0 Å². The van der Waals surface area contributed by atoms with Crippen molar-refractivity contribution >= 4 is 5.69 Å². The maximum Gasteiger partial charge on any atom is 0.145 e. The first-order valence-electron chi connectivity index (χ1n) is 6.55. The third-order valence-corrected chi connectivity index (χ3v) is 3.56. The Hall–Kier alpha value is -1.42. The molecule has 1 rings (SSSR count). The van der Waals surface area contributed by atoms with Crippen molar-refractivity contribution in [1.82, 2.24) is 0 Å². The van der Waals surface area contributed by atoms with E-state index in [-0.39, 0.29) is 12.6 Å². The molecule has 0 aliphatic rings. The summed E-state index contributed by atoms with van der Waals surface area (Å²) in [5.41, 5.74) is 2.97. The van der Waals surface area contributed by atoms with Gasteiger partial charge >= 0.3 is 0 Å². The van der Waals surface area contributed by atoms with Crippen LogP contribution in [-0.2, 0) is 0 Å². The van der Waals surface area contributed by atoms with Crippen LogP contribution < -0.4 is 14.8 Å². The van der Waals surface area contributed by atoms with E-state index in [1.165, 1.54) is 0 Å². The van der Waals surface area contributed by atoms with Crippen molar-refractivity contribution in [2.24, 2.45) is 5.92 Å². The molecular weight excluding hydrogens is 242 g/mol. The molecule has 0 bridgehead atoms. The SMILES string of the molecule is COc1cc(NC(CO)C(C)C)c(OC)c(C)c1C. The van der Waals surface area contributed by atoms with Crippen LogP contribution in [-0.4, -0.2) is 32.0 Å². The van der Waals surface area contributed by atoms with Crippen LogP contribution in [0.15, 0.2) is 6.07 Å². The Labute approximate surface area is 115 Å². The van der Waals surface area contributed by atoms with Crippen molar-refractivity contribution < 1.29 is 14.6 Å². The van der Waals surface area contributed by atoms with Gasteiger partial charge < -0.3 is 19.9 Å². The van der Waals surface area contributed by atoms with Gasteiger partial charge in [-0.15, -0.1) is 0 Å². The van der Waals surface area contributed by atoms with E-state index in [1.807, 2.05) is 19.9 Å². The second-order valence-electron chi connectivity index (χ2n) is 5.09. The minimum atomic E-state index is -0.0132. The third-order valence-electron chi connectivity index (χ3n) is 3.56. The predicted molar refractivity (Wildman–Crippen MR) is 78.4 cm³/mol. The van der Waals surface area contributed by atoms with Crippen LogP contribution in [0.5, 0.6) is 11.5 Å². The molecule has 2 N–H and O–H groups in total. The molecule has 108 valence electrons. The third kappa shape index (κ3) is 3.32. The van der Waals surface area contributed by atoms with Crippen LogP contribution in [0.4, 0.5) is 5.69 Å². The summed E-state index contributed by atoms with van der Waals surface area (Å²) in [7, 11) is 3.31. The highest BCUT2D eigenvalue weighted by Gasteiger charge is 2.18. The second kappa shape index (κ2) is 6.66. The average Bonchev–Trinajstić information content (AvgIpc) is 2.39. The summed E-state index contributed by atoms with van der Waals surface area (Å²) in [4.78, 5) is 0. The zero-order valence-electron chi connectivity index (χ0n) is 12.7. The van der Waals surface area contributed by atoms with Crippen LogP contribution in [0.1, 0.15) is 25.0 Å². The zero-order chi connectivity index (χ0) is 14.6. The molecular formula is C15H25NO3. The van der Waals surface area contributed by atoms with Crippen LogP contribution in [0.3, 0.4) is 0 Å². The van der Waals surface area contributed by atoms with Crippen molar-refractivity contribution in [2.75, 3.05) is 26.1 Å². The molecule has 4 nitrogen and oxygen atoms in total. The highest BCUT2D eigenvalue weighted by atomic mass is 16.5. The van der Waals surface area contributed by atoms with Gasteiger partial charge in [-0.3, -0.25) is 0 Å². The molecule has 0 radical (unpaired) electrons. The van der Waals surface area contributed by atoms with Gasteiger partial charge in [0.25, 0.3) is 0 Å². The molecule has 0 amide bonds. The lowest BCUT2D eigenvalue weighted by Gasteiger charge is -2.24. The van der Waals surface area contributed by atoms with Gasteiger partial charge in [0.05, 0.1) is 32.6 Å². The lowest BCUT2D eigenvalue weighted by molar-refractivity contribution is 0.249. The van der Waals surface area contributed by atoms with Crippen LogP contribution in [0.25, 0.3) is 0 Å². The Morgan fingerprint density at radius 2 is 1.79 bits per heavy atom. The van der Waals surface area contributed by atoms with Crippen LogP contribution in [0, 0.1) is 19.8 Å². The van der Waals surface area contributed by atoms with Crippen molar-refractivity contribution in [2.45, 2.75) is 33.7 Å². The molecule has 1 unspecified atom stereocenters. The number of aliphatic hydroxyl groups is 1. The molecule has 4 heteroatoms. The number of ether oxygens (including phenoxy) is 2. The van der Waals surface area contributed by atoms with Gasteiger partial charge in [0, 0.05) is 6.07 Å². The summed E-state index contributed by atoms with van der Waals surface area (Å²) in [5, 5.41) is 12.8. The molecule has 0 aromatic heterocycles. The fourth-order valence-corrected chi connectivity index (χ4v) is 2.07. The van der Waals surface area contributed by atoms with Crippen molar-refractivity contribution in [3.63, 3.8) is 0 Å². The molecule has 0 aliphatic carbocycles. The first-order valence-corrected chi connectivity index (χ1v) is 6.55. The van der Waals surface area contributed by atoms with Crippen molar-refractivity contribution in [3.8, 4) is 11.5 Å². The Bertz CT molecular complexity index is 430. The Morgan fingerprint density at radius 3 is 2.21 bits per heavy atom. The number of hydrogen-bond acceptors (Lipinski definition) is 4. The molecule has 19 heavy (non-hydrogen) atoms. The molecule has 1 aromatic rings. The zero-order valence-corrected chi connectivity index (χ0v) is 12.7. The monoisotopic (exact) mass is 267 g/mol. The highest BCUT2D eigenvalue weighted by molar-refractivity contribution is 5.66. The number of hydrogen-bond donors (Lipinski definition) is 2. The maximum absolute atomic E-state index is 9.44. The van der Waals surface area contributed by atoms with Gasteiger partial charge in [0.15, 0.2) is 0 Å². The topological polar surface area (TPSA) is 50.7 Å². The number of aliphatic hydroxyl groups excluding tert-OH is 1. The van der Waals surface area contributed by atoms with Gasteiger partial charge in [-0.05, 0) is 30.9 Å². The molecule has 0 saturated carbocycles. The summed E-state index contributed by atoms with van der Waals surface area (Å²) in [6.45, 7) is 8.23. The lowest BCUT2D eigenvalue weighted by atomic mass is 10.0. The van der Waals surface area contributed by atoms with Gasteiger partial charge in [-0.1, -0.05) is 13.8 Å². The van der Waals surface area contributed by atoms with Gasteiger partial charge in [0.1, 0.15) is 11.5 Å².